The van der Waals surface area contributed by atoms with Gasteiger partial charge in [-0.1, -0.05) is 18.5 Å². The number of aromatic nitrogens is 2. The molecule has 3 nitrogen and oxygen atoms in total. The van der Waals surface area contributed by atoms with Crippen LogP contribution in [0, 0.1) is 0 Å². The smallest absolute Gasteiger partial charge is 0.145 e. The van der Waals surface area contributed by atoms with Crippen LogP contribution < -0.4 is 5.32 Å². The fourth-order valence-corrected chi connectivity index (χ4v) is 2.79. The summed E-state index contributed by atoms with van der Waals surface area (Å²) in [5.74, 6) is 0.832. The first-order valence-corrected chi connectivity index (χ1v) is 6.73. The van der Waals surface area contributed by atoms with Crippen molar-refractivity contribution in [2.75, 3.05) is 6.54 Å². The molecule has 0 spiro atoms. The molecule has 0 bridgehead atoms. The first-order valence-electron chi connectivity index (χ1n) is 5.54. The van der Waals surface area contributed by atoms with Gasteiger partial charge in [-0.2, -0.15) is 0 Å². The largest absolute Gasteiger partial charge is 0.307 e. The number of hydrogen-bond acceptors (Lipinski definition) is 4. The van der Waals surface area contributed by atoms with Crippen LogP contribution in [0.1, 0.15) is 23.7 Å². The normalized spacial score (nSPS) is 12.6. The molecule has 0 fully saturated rings. The Kier molecular flexibility index (Phi) is 4.48. The van der Waals surface area contributed by atoms with E-state index in [0.717, 1.165) is 23.1 Å². The van der Waals surface area contributed by atoms with Gasteiger partial charge in [0.05, 0.1) is 10.4 Å². The van der Waals surface area contributed by atoms with Crippen molar-refractivity contribution in [1.82, 2.24) is 15.3 Å². The highest BCUT2D eigenvalue weighted by Crippen LogP contribution is 2.25. The van der Waals surface area contributed by atoms with Crippen molar-refractivity contribution in [3.63, 3.8) is 0 Å². The summed E-state index contributed by atoms with van der Waals surface area (Å²) >= 11 is 7.54. The lowest BCUT2D eigenvalue weighted by Crippen LogP contribution is -2.24. The van der Waals surface area contributed by atoms with E-state index in [-0.39, 0.29) is 6.04 Å². The number of rotatable bonds is 5. The van der Waals surface area contributed by atoms with Gasteiger partial charge in [0, 0.05) is 23.7 Å². The van der Waals surface area contributed by atoms with Crippen molar-refractivity contribution >= 4 is 22.9 Å². The van der Waals surface area contributed by atoms with E-state index in [1.54, 1.807) is 23.7 Å². The molecular weight excluding hydrogens is 254 g/mol. The van der Waals surface area contributed by atoms with Crippen molar-refractivity contribution < 1.29 is 0 Å². The molecule has 2 rings (SSSR count). The molecule has 1 N–H and O–H groups in total. The van der Waals surface area contributed by atoms with Crippen LogP contribution >= 0.6 is 22.9 Å². The Morgan fingerprint density at radius 3 is 2.71 bits per heavy atom. The average molecular weight is 268 g/mol. The molecular formula is C12H14ClN3S. The Balaban J connectivity index is 2.13. The van der Waals surface area contributed by atoms with Crippen molar-refractivity contribution in [1.29, 1.82) is 0 Å². The van der Waals surface area contributed by atoms with Crippen LogP contribution in [0.25, 0.3) is 0 Å². The number of hydrogen-bond donors (Lipinski definition) is 1. The molecule has 0 aliphatic carbocycles. The summed E-state index contributed by atoms with van der Waals surface area (Å²) in [6, 6.07) is 5.96. The zero-order valence-corrected chi connectivity index (χ0v) is 11.1. The van der Waals surface area contributed by atoms with Gasteiger partial charge in [-0.05, 0) is 24.7 Å². The lowest BCUT2D eigenvalue weighted by atomic mass is 10.1. The van der Waals surface area contributed by atoms with Crippen molar-refractivity contribution in [2.24, 2.45) is 0 Å². The third-order valence-electron chi connectivity index (χ3n) is 2.38. The minimum atomic E-state index is 0.149. The molecule has 1 atom stereocenters. The van der Waals surface area contributed by atoms with E-state index in [2.05, 4.69) is 28.3 Å². The Morgan fingerprint density at radius 1 is 1.35 bits per heavy atom. The van der Waals surface area contributed by atoms with E-state index in [4.69, 9.17) is 11.6 Å². The lowest BCUT2D eigenvalue weighted by Gasteiger charge is -2.15. The average Bonchev–Trinajstić information content (AvgIpc) is 2.75. The zero-order valence-electron chi connectivity index (χ0n) is 9.56. The summed E-state index contributed by atoms with van der Waals surface area (Å²) in [6.07, 6.45) is 4.41. The van der Waals surface area contributed by atoms with Crippen LogP contribution in [0.15, 0.2) is 30.6 Å². The maximum absolute atomic E-state index is 5.93. The predicted molar refractivity (Wildman–Crippen MR) is 71.5 cm³/mol. The van der Waals surface area contributed by atoms with E-state index >= 15 is 0 Å². The quantitative estimate of drug-likeness (QED) is 0.905. The second-order valence-electron chi connectivity index (χ2n) is 3.63. The van der Waals surface area contributed by atoms with Gasteiger partial charge in [0.2, 0.25) is 0 Å². The van der Waals surface area contributed by atoms with Gasteiger partial charge >= 0.3 is 0 Å². The molecule has 0 aliphatic heterocycles. The minimum absolute atomic E-state index is 0.149. The van der Waals surface area contributed by atoms with Crippen LogP contribution in [0.3, 0.4) is 0 Å². The van der Waals surface area contributed by atoms with Crippen LogP contribution in [0.4, 0.5) is 0 Å². The Bertz CT molecular complexity index is 458. The van der Waals surface area contributed by atoms with Gasteiger partial charge in [-0.15, -0.1) is 11.3 Å². The maximum Gasteiger partial charge on any atom is 0.145 e. The third-order valence-corrected chi connectivity index (χ3v) is 3.64. The van der Waals surface area contributed by atoms with E-state index in [1.807, 2.05) is 12.1 Å². The fraction of sp³-hybridized carbons (Fsp3) is 0.333. The highest BCUT2D eigenvalue weighted by Gasteiger charge is 2.14. The Labute approximate surface area is 110 Å². The van der Waals surface area contributed by atoms with Crippen molar-refractivity contribution in [3.05, 3.63) is 45.6 Å². The molecule has 1 unspecified atom stereocenters. The zero-order chi connectivity index (χ0) is 12.1. The monoisotopic (exact) mass is 267 g/mol. The summed E-state index contributed by atoms with van der Waals surface area (Å²) < 4.78 is 0.823. The summed E-state index contributed by atoms with van der Waals surface area (Å²) in [4.78, 5) is 9.84. The Hall–Kier alpha value is -0.970. The molecule has 2 aromatic heterocycles. The first-order chi connectivity index (χ1) is 8.29. The van der Waals surface area contributed by atoms with E-state index in [9.17, 15) is 0 Å². The number of halogens is 1. The molecule has 0 radical (unpaired) electrons. The highest BCUT2D eigenvalue weighted by molar-refractivity contribution is 7.16. The fourth-order valence-electron chi connectivity index (χ4n) is 1.65. The molecule has 0 saturated carbocycles. The number of thiophene rings is 1. The van der Waals surface area contributed by atoms with Gasteiger partial charge in [0.1, 0.15) is 5.82 Å². The van der Waals surface area contributed by atoms with Crippen molar-refractivity contribution in [3.8, 4) is 0 Å². The first kappa shape index (κ1) is 12.5. The van der Waals surface area contributed by atoms with E-state index in [1.165, 1.54) is 4.88 Å². The van der Waals surface area contributed by atoms with Crippen molar-refractivity contribution in [2.45, 2.75) is 19.4 Å². The predicted octanol–water partition coefficient (Wildman–Crippen LogP) is 3.08. The number of nitrogens with zero attached hydrogens (tertiary/aromatic N) is 2. The molecule has 0 aliphatic rings. The molecule has 0 aromatic carbocycles. The SMILES string of the molecule is CCNC(Cc1ccc(Cl)s1)c1ncccn1. The van der Waals surface area contributed by atoms with Gasteiger partial charge < -0.3 is 5.32 Å². The second-order valence-corrected chi connectivity index (χ2v) is 5.43. The standard InChI is InChI=1S/C12H14ClN3S/c1-2-14-10(12-15-6-3-7-16-12)8-9-4-5-11(13)17-9/h3-7,10,14H,2,8H2,1H3. The summed E-state index contributed by atoms with van der Waals surface area (Å²) in [5.41, 5.74) is 0. The molecule has 0 amide bonds. The molecule has 5 heteroatoms. The van der Waals surface area contributed by atoms with Gasteiger partial charge in [-0.25, -0.2) is 9.97 Å². The highest BCUT2D eigenvalue weighted by atomic mass is 35.5. The van der Waals surface area contributed by atoms with E-state index in [0.29, 0.717) is 0 Å². The summed E-state index contributed by atoms with van der Waals surface area (Å²) in [6.45, 7) is 2.97. The van der Waals surface area contributed by atoms with Crippen LogP contribution in [0.2, 0.25) is 4.34 Å². The molecule has 0 saturated heterocycles. The number of likely N-dealkylation sites (N-methyl/N-ethyl adjacent to an activating group) is 1. The molecule has 2 heterocycles. The van der Waals surface area contributed by atoms with Gasteiger partial charge in [0.25, 0.3) is 0 Å². The summed E-state index contributed by atoms with van der Waals surface area (Å²) in [7, 11) is 0. The van der Waals surface area contributed by atoms with E-state index < -0.39 is 0 Å². The topological polar surface area (TPSA) is 37.8 Å². The molecule has 2 aromatic rings. The summed E-state index contributed by atoms with van der Waals surface area (Å²) in [5, 5.41) is 3.40. The third kappa shape index (κ3) is 3.49. The maximum atomic E-state index is 5.93. The van der Waals surface area contributed by atoms with Gasteiger partial charge in [-0.3, -0.25) is 0 Å². The number of nitrogens with one attached hydrogen (secondary N) is 1. The van der Waals surface area contributed by atoms with Crippen LogP contribution in [-0.4, -0.2) is 16.5 Å². The van der Waals surface area contributed by atoms with Crippen LogP contribution in [-0.2, 0) is 6.42 Å². The lowest BCUT2D eigenvalue weighted by molar-refractivity contribution is 0.524. The Morgan fingerprint density at radius 2 is 2.12 bits per heavy atom. The van der Waals surface area contributed by atoms with Crippen LogP contribution in [0.5, 0.6) is 0 Å². The molecule has 90 valence electrons. The minimum Gasteiger partial charge on any atom is -0.307 e. The van der Waals surface area contributed by atoms with Gasteiger partial charge in [0.15, 0.2) is 0 Å². The second kappa shape index (κ2) is 6.10. The molecule has 17 heavy (non-hydrogen) atoms.